The molecule has 0 saturated carbocycles. The summed E-state index contributed by atoms with van der Waals surface area (Å²) in [5.74, 6) is -0.955. The maximum atomic E-state index is 12.3. The molecule has 0 aliphatic rings. The van der Waals surface area contributed by atoms with Gasteiger partial charge in [-0.15, -0.1) is 0 Å². The summed E-state index contributed by atoms with van der Waals surface area (Å²) in [5, 5.41) is 18.0. The molecule has 36 heavy (non-hydrogen) atoms. The first kappa shape index (κ1) is 35.0. The Balaban J connectivity index is 4.44. The van der Waals surface area contributed by atoms with Crippen LogP contribution in [0.2, 0.25) is 0 Å². The molecule has 0 aliphatic carbocycles. The van der Waals surface area contributed by atoms with Gasteiger partial charge in [-0.1, -0.05) is 84.5 Å². The highest BCUT2D eigenvalue weighted by atomic mass is 31.2. The van der Waals surface area contributed by atoms with Gasteiger partial charge in [-0.3, -0.25) is 18.6 Å². The van der Waals surface area contributed by atoms with Crippen molar-refractivity contribution in [3.05, 3.63) is 0 Å². The quantitative estimate of drug-likeness (QED) is 0.0836. The fourth-order valence-corrected chi connectivity index (χ4v) is 4.13. The van der Waals surface area contributed by atoms with Crippen molar-refractivity contribution in [1.82, 2.24) is 0 Å². The smallest absolute Gasteiger partial charge is 0.462 e. The molecule has 0 aromatic heterocycles. The zero-order valence-electron chi connectivity index (χ0n) is 22.2. The topological polar surface area (TPSA) is 149 Å². The molecule has 3 unspecified atom stereocenters. The summed E-state index contributed by atoms with van der Waals surface area (Å²) in [6.45, 7) is 2.12. The second-order valence-corrected chi connectivity index (χ2v) is 10.5. The Morgan fingerprint density at radius 1 is 0.722 bits per heavy atom. The van der Waals surface area contributed by atoms with Crippen molar-refractivity contribution in [3.8, 4) is 0 Å². The molecular formula is C25H49O10P. The molecule has 3 atom stereocenters. The van der Waals surface area contributed by atoms with E-state index in [4.69, 9.17) is 19.1 Å². The summed E-state index contributed by atoms with van der Waals surface area (Å²) < 4.78 is 31.9. The van der Waals surface area contributed by atoms with Gasteiger partial charge < -0.3 is 24.6 Å². The number of esters is 2. The molecule has 3 N–H and O–H groups in total. The highest BCUT2D eigenvalue weighted by Gasteiger charge is 2.27. The number of hydrogen-bond acceptors (Lipinski definition) is 9. The number of phosphoric ester groups is 1. The first-order valence-corrected chi connectivity index (χ1v) is 15.0. The van der Waals surface area contributed by atoms with Crippen molar-refractivity contribution in [3.63, 3.8) is 0 Å². The van der Waals surface area contributed by atoms with Crippen molar-refractivity contribution >= 4 is 19.8 Å². The molecule has 214 valence electrons. The van der Waals surface area contributed by atoms with Gasteiger partial charge in [0, 0.05) is 12.8 Å². The maximum Gasteiger partial charge on any atom is 0.472 e. The first-order chi connectivity index (χ1) is 17.2. The molecule has 0 aromatic carbocycles. The van der Waals surface area contributed by atoms with Crippen LogP contribution in [0.5, 0.6) is 0 Å². The summed E-state index contributed by atoms with van der Waals surface area (Å²) in [5.41, 5.74) is 0. The van der Waals surface area contributed by atoms with Crippen molar-refractivity contribution in [1.29, 1.82) is 0 Å². The fraction of sp³-hybridized carbons (Fsp3) is 0.920. The number of aliphatic hydroxyl groups is 2. The third-order valence-corrected chi connectivity index (χ3v) is 6.46. The third kappa shape index (κ3) is 22.2. The average Bonchev–Trinajstić information content (AvgIpc) is 2.85. The maximum absolute atomic E-state index is 12.3. The van der Waals surface area contributed by atoms with Crippen LogP contribution in [0, 0.1) is 0 Å². The number of hydrogen-bond donors (Lipinski definition) is 3. The fourth-order valence-electron chi connectivity index (χ4n) is 3.34. The third-order valence-electron chi connectivity index (χ3n) is 5.51. The van der Waals surface area contributed by atoms with E-state index < -0.39 is 51.8 Å². The van der Waals surface area contributed by atoms with Crippen LogP contribution in [0.25, 0.3) is 0 Å². The van der Waals surface area contributed by atoms with Crippen LogP contribution in [-0.2, 0) is 32.7 Å². The van der Waals surface area contributed by atoms with E-state index in [2.05, 4.69) is 11.4 Å². The molecule has 0 radical (unpaired) electrons. The van der Waals surface area contributed by atoms with Crippen LogP contribution in [-0.4, -0.2) is 65.7 Å². The van der Waals surface area contributed by atoms with Gasteiger partial charge in [-0.25, -0.2) is 4.57 Å². The van der Waals surface area contributed by atoms with Gasteiger partial charge in [0.1, 0.15) is 12.7 Å². The standard InChI is InChI=1S/C25H49O10P/c1-3-5-7-8-9-10-11-12-13-15-17-25(29)35-23(20-32-24(28)16-14-6-4-2)21-34-36(30,31)33-19-22(27)18-26/h22-23,26-27H,3-21H2,1-2H3,(H,30,31). The Labute approximate surface area is 216 Å². The first-order valence-electron chi connectivity index (χ1n) is 13.5. The summed E-state index contributed by atoms with van der Waals surface area (Å²) in [7, 11) is -4.58. The molecule has 10 nitrogen and oxygen atoms in total. The monoisotopic (exact) mass is 540 g/mol. The predicted octanol–water partition coefficient (Wildman–Crippen LogP) is 4.82. The van der Waals surface area contributed by atoms with Gasteiger partial charge in [0.05, 0.1) is 19.8 Å². The number of carbonyl (C=O) groups excluding carboxylic acids is 2. The zero-order valence-corrected chi connectivity index (χ0v) is 23.1. The van der Waals surface area contributed by atoms with Crippen molar-refractivity contribution in [2.45, 2.75) is 122 Å². The second kappa shape index (κ2) is 23.1. The molecular weight excluding hydrogens is 491 g/mol. The van der Waals surface area contributed by atoms with E-state index in [0.717, 1.165) is 32.1 Å². The van der Waals surface area contributed by atoms with Gasteiger partial charge in [0.15, 0.2) is 6.10 Å². The van der Waals surface area contributed by atoms with E-state index in [1.54, 1.807) is 0 Å². The molecule has 0 amide bonds. The van der Waals surface area contributed by atoms with Crippen LogP contribution in [0.1, 0.15) is 110 Å². The largest absolute Gasteiger partial charge is 0.472 e. The van der Waals surface area contributed by atoms with Gasteiger partial charge in [0.2, 0.25) is 0 Å². The van der Waals surface area contributed by atoms with E-state index in [-0.39, 0.29) is 19.4 Å². The van der Waals surface area contributed by atoms with Gasteiger partial charge in [-0.05, 0) is 12.8 Å². The van der Waals surface area contributed by atoms with Crippen LogP contribution >= 0.6 is 7.82 Å². The zero-order chi connectivity index (χ0) is 27.1. The molecule has 0 spiro atoms. The second-order valence-electron chi connectivity index (χ2n) is 9.08. The van der Waals surface area contributed by atoms with E-state index in [0.29, 0.717) is 12.8 Å². The lowest BCUT2D eigenvalue weighted by atomic mass is 10.1. The lowest BCUT2D eigenvalue weighted by Crippen LogP contribution is -2.29. The summed E-state index contributed by atoms with van der Waals surface area (Å²) in [4.78, 5) is 33.9. The van der Waals surface area contributed by atoms with Gasteiger partial charge in [-0.2, -0.15) is 0 Å². The van der Waals surface area contributed by atoms with Crippen LogP contribution < -0.4 is 0 Å². The Kier molecular flexibility index (Phi) is 22.5. The number of aliphatic hydroxyl groups excluding tert-OH is 2. The number of phosphoric acid groups is 1. The number of carbonyl (C=O) groups is 2. The van der Waals surface area contributed by atoms with E-state index in [9.17, 15) is 24.2 Å². The van der Waals surface area contributed by atoms with Crippen molar-refractivity contribution < 1.29 is 47.8 Å². The summed E-state index contributed by atoms with van der Waals surface area (Å²) in [6.07, 6.45) is 11.9. The molecule has 11 heteroatoms. The minimum Gasteiger partial charge on any atom is -0.462 e. The molecule has 0 fully saturated rings. The predicted molar refractivity (Wildman–Crippen MR) is 136 cm³/mol. The normalized spacial score (nSPS) is 14.7. The average molecular weight is 541 g/mol. The Morgan fingerprint density at radius 2 is 1.19 bits per heavy atom. The summed E-state index contributed by atoms with van der Waals surface area (Å²) >= 11 is 0. The van der Waals surface area contributed by atoms with Gasteiger partial charge >= 0.3 is 19.8 Å². The SMILES string of the molecule is CCCCCCCCCCCCC(=O)OC(COC(=O)CCCCC)COP(=O)(O)OCC(O)CO. The van der Waals surface area contributed by atoms with E-state index in [1.807, 2.05) is 6.92 Å². The molecule has 0 heterocycles. The molecule has 0 bridgehead atoms. The highest BCUT2D eigenvalue weighted by Crippen LogP contribution is 2.43. The molecule has 0 rings (SSSR count). The lowest BCUT2D eigenvalue weighted by molar-refractivity contribution is -0.161. The van der Waals surface area contributed by atoms with E-state index in [1.165, 1.54) is 38.5 Å². The number of unbranched alkanes of at least 4 members (excludes halogenated alkanes) is 11. The Morgan fingerprint density at radius 3 is 1.78 bits per heavy atom. The molecule has 0 aromatic rings. The molecule has 0 aliphatic heterocycles. The van der Waals surface area contributed by atoms with Crippen LogP contribution in [0.4, 0.5) is 0 Å². The Bertz CT molecular complexity index is 601. The van der Waals surface area contributed by atoms with Crippen LogP contribution in [0.3, 0.4) is 0 Å². The van der Waals surface area contributed by atoms with Crippen molar-refractivity contribution in [2.75, 3.05) is 26.4 Å². The van der Waals surface area contributed by atoms with Gasteiger partial charge in [0.25, 0.3) is 0 Å². The number of ether oxygens (including phenoxy) is 2. The lowest BCUT2D eigenvalue weighted by Gasteiger charge is -2.20. The molecule has 0 saturated heterocycles. The minimum absolute atomic E-state index is 0.188. The Hall–Kier alpha value is -1.03. The highest BCUT2D eigenvalue weighted by molar-refractivity contribution is 7.47. The van der Waals surface area contributed by atoms with Crippen LogP contribution in [0.15, 0.2) is 0 Å². The minimum atomic E-state index is -4.58. The summed E-state index contributed by atoms with van der Waals surface area (Å²) in [6, 6.07) is 0. The number of rotatable bonds is 25. The van der Waals surface area contributed by atoms with Crippen molar-refractivity contribution in [2.24, 2.45) is 0 Å². The van der Waals surface area contributed by atoms with E-state index >= 15 is 0 Å².